The van der Waals surface area contributed by atoms with Gasteiger partial charge in [0, 0.05) is 18.5 Å². The summed E-state index contributed by atoms with van der Waals surface area (Å²) in [6, 6.07) is 7.94. The number of carbonyl (C=O) groups excluding carboxylic acids is 1. The van der Waals surface area contributed by atoms with Gasteiger partial charge in [0.2, 0.25) is 5.91 Å². The number of carbonyl (C=O) groups is 1. The summed E-state index contributed by atoms with van der Waals surface area (Å²) >= 11 is 0. The Labute approximate surface area is 143 Å². The summed E-state index contributed by atoms with van der Waals surface area (Å²) in [5, 5.41) is 6.98. The molecule has 3 nitrogen and oxygen atoms in total. The molecule has 1 aliphatic carbocycles. The maximum absolute atomic E-state index is 13.3. The molecule has 2 N–H and O–H groups in total. The SMILES string of the molecule is O=C(CC1CC2CCC(C1)N2)NC1(c2ccc(F)cc2)CCCC1. The van der Waals surface area contributed by atoms with Crippen LogP contribution in [0.4, 0.5) is 4.39 Å². The maximum atomic E-state index is 13.3. The van der Waals surface area contributed by atoms with Crippen molar-refractivity contribution in [3.05, 3.63) is 35.6 Å². The first-order chi connectivity index (χ1) is 11.6. The maximum Gasteiger partial charge on any atom is 0.220 e. The minimum atomic E-state index is -0.281. The van der Waals surface area contributed by atoms with Crippen molar-refractivity contribution in [2.45, 2.75) is 75.4 Å². The van der Waals surface area contributed by atoms with Crippen LogP contribution in [0, 0.1) is 11.7 Å². The van der Waals surface area contributed by atoms with Crippen LogP contribution in [0.5, 0.6) is 0 Å². The zero-order chi connectivity index (χ0) is 16.6. The van der Waals surface area contributed by atoms with Crippen molar-refractivity contribution in [1.82, 2.24) is 10.6 Å². The van der Waals surface area contributed by atoms with Crippen LogP contribution in [-0.4, -0.2) is 18.0 Å². The highest BCUT2D eigenvalue weighted by atomic mass is 19.1. The lowest BCUT2D eigenvalue weighted by molar-refractivity contribution is -0.124. The van der Waals surface area contributed by atoms with Crippen LogP contribution in [0.3, 0.4) is 0 Å². The molecule has 4 heteroatoms. The molecule has 2 bridgehead atoms. The van der Waals surface area contributed by atoms with E-state index in [0.29, 0.717) is 24.4 Å². The summed E-state index contributed by atoms with van der Waals surface area (Å²) in [7, 11) is 0. The minimum absolute atomic E-state index is 0.174. The Morgan fingerprint density at radius 1 is 1.12 bits per heavy atom. The number of benzene rings is 1. The molecule has 0 aromatic heterocycles. The van der Waals surface area contributed by atoms with Crippen LogP contribution >= 0.6 is 0 Å². The number of fused-ring (bicyclic) bond motifs is 2. The van der Waals surface area contributed by atoms with E-state index in [-0.39, 0.29) is 17.3 Å². The van der Waals surface area contributed by atoms with Gasteiger partial charge in [0.25, 0.3) is 0 Å². The van der Waals surface area contributed by atoms with Gasteiger partial charge in [-0.3, -0.25) is 4.79 Å². The van der Waals surface area contributed by atoms with E-state index >= 15 is 0 Å². The van der Waals surface area contributed by atoms with Gasteiger partial charge in [-0.1, -0.05) is 25.0 Å². The van der Waals surface area contributed by atoms with Crippen molar-refractivity contribution >= 4 is 5.91 Å². The first kappa shape index (κ1) is 16.1. The Hall–Kier alpha value is -1.42. The molecule has 1 aromatic carbocycles. The number of nitrogens with one attached hydrogen (secondary N) is 2. The van der Waals surface area contributed by atoms with Gasteiger partial charge < -0.3 is 10.6 Å². The van der Waals surface area contributed by atoms with Gasteiger partial charge in [0.15, 0.2) is 0 Å². The molecule has 4 rings (SSSR count). The lowest BCUT2D eigenvalue weighted by Gasteiger charge is -2.33. The third-order valence-electron chi connectivity index (χ3n) is 6.28. The van der Waals surface area contributed by atoms with E-state index in [2.05, 4.69) is 10.6 Å². The van der Waals surface area contributed by atoms with Gasteiger partial charge in [0.05, 0.1) is 5.54 Å². The van der Waals surface area contributed by atoms with Crippen LogP contribution in [0.15, 0.2) is 24.3 Å². The first-order valence-electron chi connectivity index (χ1n) is 9.46. The first-order valence-corrected chi connectivity index (χ1v) is 9.46. The highest BCUT2D eigenvalue weighted by molar-refractivity contribution is 5.77. The average Bonchev–Trinajstić information content (AvgIpc) is 3.15. The molecule has 1 aromatic rings. The summed E-state index contributed by atoms with van der Waals surface area (Å²) in [5.41, 5.74) is 0.775. The second-order valence-electron chi connectivity index (χ2n) is 8.02. The van der Waals surface area contributed by atoms with E-state index in [1.54, 1.807) is 0 Å². The Balaban J connectivity index is 1.43. The summed E-state index contributed by atoms with van der Waals surface area (Å²) in [6.07, 6.45) is 9.59. The van der Waals surface area contributed by atoms with Crippen molar-refractivity contribution in [3.8, 4) is 0 Å². The average molecular weight is 330 g/mol. The summed E-state index contributed by atoms with van der Waals surface area (Å²) in [4.78, 5) is 12.7. The van der Waals surface area contributed by atoms with Crippen molar-refractivity contribution < 1.29 is 9.18 Å². The molecule has 1 saturated carbocycles. The number of rotatable bonds is 4. The zero-order valence-electron chi connectivity index (χ0n) is 14.2. The van der Waals surface area contributed by atoms with E-state index in [1.165, 1.54) is 25.0 Å². The van der Waals surface area contributed by atoms with Crippen LogP contribution in [0.25, 0.3) is 0 Å². The number of hydrogen-bond donors (Lipinski definition) is 2. The lowest BCUT2D eigenvalue weighted by atomic mass is 9.86. The standard InChI is InChI=1S/C20H27FN2O/c21-16-5-3-15(4-6-16)20(9-1-2-10-20)23-19(24)13-14-11-17-7-8-18(12-14)22-17/h3-6,14,17-18,22H,1-2,7-13H2,(H,23,24). The zero-order valence-corrected chi connectivity index (χ0v) is 14.2. The Kier molecular flexibility index (Phi) is 4.33. The highest BCUT2D eigenvalue weighted by Gasteiger charge is 2.39. The molecule has 130 valence electrons. The fourth-order valence-electron chi connectivity index (χ4n) is 5.16. The van der Waals surface area contributed by atoms with Gasteiger partial charge in [0.1, 0.15) is 5.82 Å². The second-order valence-corrected chi connectivity index (χ2v) is 8.02. The van der Waals surface area contributed by atoms with Crippen LogP contribution in [-0.2, 0) is 10.3 Å². The van der Waals surface area contributed by atoms with Gasteiger partial charge >= 0.3 is 0 Å². The van der Waals surface area contributed by atoms with E-state index < -0.39 is 0 Å². The Morgan fingerprint density at radius 3 is 2.38 bits per heavy atom. The van der Waals surface area contributed by atoms with Gasteiger partial charge in [-0.25, -0.2) is 4.39 Å². The summed E-state index contributed by atoms with van der Waals surface area (Å²) in [5.74, 6) is 0.464. The third-order valence-corrected chi connectivity index (χ3v) is 6.28. The number of piperidine rings is 1. The molecule has 2 heterocycles. The van der Waals surface area contributed by atoms with Crippen molar-refractivity contribution in [1.29, 1.82) is 0 Å². The van der Waals surface area contributed by atoms with E-state index in [9.17, 15) is 9.18 Å². The van der Waals surface area contributed by atoms with Crippen molar-refractivity contribution in [2.75, 3.05) is 0 Å². The van der Waals surface area contributed by atoms with Crippen LogP contribution in [0.2, 0.25) is 0 Å². The Bertz CT molecular complexity index is 582. The molecule has 0 radical (unpaired) electrons. The molecule has 2 aliphatic heterocycles. The van der Waals surface area contributed by atoms with E-state index in [4.69, 9.17) is 0 Å². The molecule has 0 spiro atoms. The van der Waals surface area contributed by atoms with E-state index in [1.807, 2.05) is 12.1 Å². The predicted octanol–water partition coefficient (Wildman–Crippen LogP) is 3.63. The van der Waals surface area contributed by atoms with Crippen LogP contribution < -0.4 is 10.6 Å². The van der Waals surface area contributed by atoms with Gasteiger partial charge in [-0.2, -0.15) is 0 Å². The Morgan fingerprint density at radius 2 is 1.75 bits per heavy atom. The third kappa shape index (κ3) is 3.21. The monoisotopic (exact) mass is 330 g/mol. The normalized spacial score (nSPS) is 31.1. The molecular formula is C20H27FN2O. The smallest absolute Gasteiger partial charge is 0.220 e. The predicted molar refractivity (Wildman–Crippen MR) is 92.0 cm³/mol. The van der Waals surface area contributed by atoms with Crippen molar-refractivity contribution in [2.24, 2.45) is 5.92 Å². The molecule has 1 amide bonds. The number of amides is 1. The largest absolute Gasteiger partial charge is 0.347 e. The molecule has 3 fully saturated rings. The molecule has 2 saturated heterocycles. The topological polar surface area (TPSA) is 41.1 Å². The summed E-state index contributed by atoms with van der Waals surface area (Å²) in [6.45, 7) is 0. The quantitative estimate of drug-likeness (QED) is 0.885. The number of halogens is 1. The number of hydrogen-bond acceptors (Lipinski definition) is 2. The van der Waals surface area contributed by atoms with Crippen molar-refractivity contribution in [3.63, 3.8) is 0 Å². The lowest BCUT2D eigenvalue weighted by Crippen LogP contribution is -2.45. The second kappa shape index (κ2) is 6.47. The fraction of sp³-hybridized carbons (Fsp3) is 0.650. The molecule has 2 unspecified atom stereocenters. The van der Waals surface area contributed by atoms with Gasteiger partial charge in [-0.15, -0.1) is 0 Å². The minimum Gasteiger partial charge on any atom is -0.347 e. The molecule has 3 aliphatic rings. The summed E-state index contributed by atoms with van der Waals surface area (Å²) < 4.78 is 13.3. The van der Waals surface area contributed by atoms with Gasteiger partial charge in [-0.05, 0) is 62.1 Å². The van der Waals surface area contributed by atoms with E-state index in [0.717, 1.165) is 44.1 Å². The van der Waals surface area contributed by atoms with Crippen LogP contribution in [0.1, 0.15) is 63.4 Å². The highest BCUT2D eigenvalue weighted by Crippen LogP contribution is 2.39. The molecule has 24 heavy (non-hydrogen) atoms. The molecular weight excluding hydrogens is 303 g/mol. The fourth-order valence-corrected chi connectivity index (χ4v) is 5.16. The molecule has 2 atom stereocenters.